The molecular formula is C19H34N2O5. The maximum Gasteiger partial charge on any atom is 0.414 e. The number of rotatable bonds is 13. The Labute approximate surface area is 156 Å². The van der Waals surface area contributed by atoms with Gasteiger partial charge in [-0.2, -0.15) is 0 Å². The number of carboxylic acids is 2. The van der Waals surface area contributed by atoms with Gasteiger partial charge in [0.2, 0.25) is 0 Å². The van der Waals surface area contributed by atoms with Crippen LogP contribution < -0.4 is 0 Å². The first-order chi connectivity index (χ1) is 12.5. The Balaban J connectivity index is 0.000000896. The number of ether oxygens (including phenoxy) is 1. The Bertz CT molecular complexity index is 451. The highest BCUT2D eigenvalue weighted by molar-refractivity contribution is 6.27. The molecule has 1 aromatic rings. The van der Waals surface area contributed by atoms with Crippen molar-refractivity contribution in [3.05, 3.63) is 18.7 Å². The zero-order valence-corrected chi connectivity index (χ0v) is 16.1. The van der Waals surface area contributed by atoms with Gasteiger partial charge in [0.1, 0.15) is 0 Å². The summed E-state index contributed by atoms with van der Waals surface area (Å²) >= 11 is 0. The first-order valence-corrected chi connectivity index (χ1v) is 9.54. The van der Waals surface area contributed by atoms with Crippen molar-refractivity contribution >= 4 is 11.9 Å². The zero-order valence-electron chi connectivity index (χ0n) is 16.1. The summed E-state index contributed by atoms with van der Waals surface area (Å²) in [6.45, 7) is 6.46. The Morgan fingerprint density at radius 3 is 2.19 bits per heavy atom. The molecule has 0 fully saturated rings. The lowest BCUT2D eigenvalue weighted by atomic mass is 10.1. The number of hydrogen-bond acceptors (Lipinski definition) is 4. The number of imidazole rings is 1. The predicted octanol–water partition coefficient (Wildman–Crippen LogP) is 3.97. The van der Waals surface area contributed by atoms with Gasteiger partial charge >= 0.3 is 11.9 Å². The highest BCUT2D eigenvalue weighted by atomic mass is 16.5. The SMILES string of the molecule is CCCCCCOC(CCCCC)CCn1ccnc1.O=C(O)C(=O)O. The largest absolute Gasteiger partial charge is 0.473 e. The van der Waals surface area contributed by atoms with E-state index in [0.717, 1.165) is 19.6 Å². The Hall–Kier alpha value is -1.89. The number of nitrogens with zero attached hydrogens (tertiary/aromatic N) is 2. The minimum absolute atomic E-state index is 0.422. The maximum absolute atomic E-state index is 9.10. The van der Waals surface area contributed by atoms with Crippen LogP contribution in [-0.4, -0.2) is 44.4 Å². The van der Waals surface area contributed by atoms with Crippen molar-refractivity contribution in [1.29, 1.82) is 0 Å². The van der Waals surface area contributed by atoms with Crippen LogP contribution in [0.4, 0.5) is 0 Å². The third kappa shape index (κ3) is 14.5. The molecular weight excluding hydrogens is 336 g/mol. The van der Waals surface area contributed by atoms with Crippen molar-refractivity contribution in [2.75, 3.05) is 6.61 Å². The van der Waals surface area contributed by atoms with Crippen molar-refractivity contribution in [2.24, 2.45) is 0 Å². The van der Waals surface area contributed by atoms with Gasteiger partial charge in [0.15, 0.2) is 0 Å². The lowest BCUT2D eigenvalue weighted by Gasteiger charge is -2.18. The molecule has 7 nitrogen and oxygen atoms in total. The average Bonchev–Trinajstić information content (AvgIpc) is 3.13. The van der Waals surface area contributed by atoms with E-state index in [-0.39, 0.29) is 0 Å². The van der Waals surface area contributed by atoms with E-state index in [1.807, 2.05) is 18.7 Å². The van der Waals surface area contributed by atoms with Crippen molar-refractivity contribution in [3.8, 4) is 0 Å². The van der Waals surface area contributed by atoms with E-state index in [9.17, 15) is 0 Å². The van der Waals surface area contributed by atoms with E-state index < -0.39 is 11.9 Å². The standard InChI is InChI=1S/C17H32N2O.C2H2O4/c1-3-5-7-9-15-20-17(10-8-6-4-2)11-13-19-14-12-18-16-19;3-1(4)2(5)6/h12,14,16-17H,3-11,13,15H2,1-2H3;(H,3,4)(H,5,6). The van der Waals surface area contributed by atoms with Crippen LogP contribution in [0.25, 0.3) is 0 Å². The van der Waals surface area contributed by atoms with Crippen LogP contribution in [0.3, 0.4) is 0 Å². The van der Waals surface area contributed by atoms with Crippen LogP contribution >= 0.6 is 0 Å². The number of aryl methyl sites for hydroxylation is 1. The highest BCUT2D eigenvalue weighted by Gasteiger charge is 2.09. The molecule has 150 valence electrons. The summed E-state index contributed by atoms with van der Waals surface area (Å²) in [6, 6.07) is 0. The fraction of sp³-hybridized carbons (Fsp3) is 0.737. The number of carboxylic acid groups (broad SMARTS) is 2. The van der Waals surface area contributed by atoms with Crippen LogP contribution in [0, 0.1) is 0 Å². The number of aliphatic carboxylic acids is 2. The number of carbonyl (C=O) groups is 2. The third-order valence-corrected chi connectivity index (χ3v) is 3.93. The van der Waals surface area contributed by atoms with Gasteiger partial charge < -0.3 is 19.5 Å². The van der Waals surface area contributed by atoms with Crippen molar-refractivity contribution in [3.63, 3.8) is 0 Å². The molecule has 0 saturated carbocycles. The molecule has 0 aliphatic rings. The van der Waals surface area contributed by atoms with Gasteiger partial charge in [0.25, 0.3) is 0 Å². The van der Waals surface area contributed by atoms with Gasteiger partial charge in [-0.05, 0) is 19.3 Å². The van der Waals surface area contributed by atoms with Crippen LogP contribution in [0.5, 0.6) is 0 Å². The van der Waals surface area contributed by atoms with Crippen LogP contribution in [-0.2, 0) is 20.9 Å². The maximum atomic E-state index is 9.10. The molecule has 0 radical (unpaired) electrons. The lowest BCUT2D eigenvalue weighted by molar-refractivity contribution is -0.159. The third-order valence-electron chi connectivity index (χ3n) is 3.93. The summed E-state index contributed by atoms with van der Waals surface area (Å²) in [4.78, 5) is 22.3. The molecule has 1 unspecified atom stereocenters. The molecule has 1 rings (SSSR count). The fourth-order valence-electron chi connectivity index (χ4n) is 2.42. The summed E-state index contributed by atoms with van der Waals surface area (Å²) in [7, 11) is 0. The van der Waals surface area contributed by atoms with Crippen molar-refractivity contribution in [1.82, 2.24) is 9.55 Å². The molecule has 0 spiro atoms. The fourth-order valence-corrected chi connectivity index (χ4v) is 2.42. The molecule has 1 heterocycles. The first-order valence-electron chi connectivity index (χ1n) is 9.54. The van der Waals surface area contributed by atoms with E-state index in [4.69, 9.17) is 24.5 Å². The number of unbranched alkanes of at least 4 members (excludes halogenated alkanes) is 5. The Morgan fingerprint density at radius 1 is 1.00 bits per heavy atom. The Kier molecular flexibility index (Phi) is 15.4. The van der Waals surface area contributed by atoms with E-state index in [1.54, 1.807) is 0 Å². The van der Waals surface area contributed by atoms with Gasteiger partial charge in [0.05, 0.1) is 12.4 Å². The highest BCUT2D eigenvalue weighted by Crippen LogP contribution is 2.13. The average molecular weight is 370 g/mol. The molecule has 1 atom stereocenters. The second-order valence-electron chi connectivity index (χ2n) is 6.25. The quantitative estimate of drug-likeness (QED) is 0.402. The normalized spacial score (nSPS) is 11.5. The van der Waals surface area contributed by atoms with E-state index in [1.165, 1.54) is 51.4 Å². The predicted molar refractivity (Wildman–Crippen MR) is 100 cm³/mol. The van der Waals surface area contributed by atoms with E-state index >= 15 is 0 Å². The lowest BCUT2D eigenvalue weighted by Crippen LogP contribution is -2.16. The summed E-state index contributed by atoms with van der Waals surface area (Å²) in [5, 5.41) is 14.8. The summed E-state index contributed by atoms with van der Waals surface area (Å²) in [5.74, 6) is -3.65. The topological polar surface area (TPSA) is 102 Å². The van der Waals surface area contributed by atoms with Gasteiger partial charge in [-0.1, -0.05) is 52.4 Å². The molecule has 0 aromatic carbocycles. The second-order valence-corrected chi connectivity index (χ2v) is 6.25. The van der Waals surface area contributed by atoms with E-state index in [2.05, 4.69) is 23.4 Å². The summed E-state index contributed by atoms with van der Waals surface area (Å²) < 4.78 is 8.25. The van der Waals surface area contributed by atoms with Gasteiger partial charge in [-0.3, -0.25) is 0 Å². The van der Waals surface area contributed by atoms with Gasteiger partial charge in [0, 0.05) is 25.5 Å². The number of aromatic nitrogens is 2. The minimum atomic E-state index is -1.82. The summed E-state index contributed by atoms with van der Waals surface area (Å²) in [5.41, 5.74) is 0. The minimum Gasteiger partial charge on any atom is -0.473 e. The number of hydrogen-bond donors (Lipinski definition) is 2. The molecule has 2 N–H and O–H groups in total. The molecule has 0 bridgehead atoms. The molecule has 7 heteroatoms. The first kappa shape index (κ1) is 24.1. The van der Waals surface area contributed by atoms with Crippen LogP contribution in [0.15, 0.2) is 18.7 Å². The zero-order chi connectivity index (χ0) is 19.6. The monoisotopic (exact) mass is 370 g/mol. The molecule has 0 aliphatic carbocycles. The van der Waals surface area contributed by atoms with Gasteiger partial charge in [-0.25, -0.2) is 14.6 Å². The van der Waals surface area contributed by atoms with Gasteiger partial charge in [-0.15, -0.1) is 0 Å². The van der Waals surface area contributed by atoms with E-state index in [0.29, 0.717) is 6.10 Å². The van der Waals surface area contributed by atoms with Crippen molar-refractivity contribution < 1.29 is 24.5 Å². The smallest absolute Gasteiger partial charge is 0.414 e. The molecule has 1 aromatic heterocycles. The molecule has 0 amide bonds. The summed E-state index contributed by atoms with van der Waals surface area (Å²) in [6.07, 6.45) is 17.5. The molecule has 26 heavy (non-hydrogen) atoms. The van der Waals surface area contributed by atoms with Crippen LogP contribution in [0.2, 0.25) is 0 Å². The Morgan fingerprint density at radius 2 is 1.65 bits per heavy atom. The van der Waals surface area contributed by atoms with Crippen molar-refractivity contribution in [2.45, 2.75) is 84.3 Å². The van der Waals surface area contributed by atoms with Crippen LogP contribution in [0.1, 0.15) is 71.6 Å². The molecule has 0 aliphatic heterocycles. The second kappa shape index (κ2) is 16.6. The molecule has 0 saturated heterocycles.